The zero-order chi connectivity index (χ0) is 24.6. The molecule has 33 heavy (non-hydrogen) atoms. The summed E-state index contributed by atoms with van der Waals surface area (Å²) in [5, 5.41) is 10.0. The Labute approximate surface area is 207 Å². The maximum Gasteiger partial charge on any atom is 0.399 e. The Hall–Kier alpha value is -1.25. The van der Waals surface area contributed by atoms with Crippen molar-refractivity contribution in [2.45, 2.75) is 56.8 Å². The van der Waals surface area contributed by atoms with Crippen molar-refractivity contribution in [1.29, 1.82) is 0 Å². The second-order valence-electron chi connectivity index (χ2n) is 8.94. The van der Waals surface area contributed by atoms with E-state index in [1.807, 2.05) is 24.3 Å². The van der Waals surface area contributed by atoms with E-state index < -0.39 is 10.4 Å². The fraction of sp³-hybridized carbons (Fsp3) is 0.520. The molecule has 0 spiro atoms. The summed E-state index contributed by atoms with van der Waals surface area (Å²) < 4.78 is 32.1. The number of hydrogen-bond donors (Lipinski definition) is 1. The first-order valence-electron chi connectivity index (χ1n) is 11.2. The SMILES string of the molecule is COS(=O)(=O)OC1CC(C)CCC1C(C)C.C[S+](Cc1ccc(Cl)cc1)c1ccc(O)cc1. The molecule has 0 aromatic heterocycles. The third kappa shape index (κ3) is 9.49. The van der Waals surface area contributed by atoms with Crippen LogP contribution in [0.3, 0.4) is 0 Å². The summed E-state index contributed by atoms with van der Waals surface area (Å²) in [5.41, 5.74) is 1.29. The molecule has 5 nitrogen and oxygen atoms in total. The van der Waals surface area contributed by atoms with Gasteiger partial charge in [0.1, 0.15) is 17.8 Å². The lowest BCUT2D eigenvalue weighted by Crippen LogP contribution is -2.36. The Bertz CT molecular complexity index is 946. The fourth-order valence-electron chi connectivity index (χ4n) is 4.01. The van der Waals surface area contributed by atoms with Crippen LogP contribution in [0, 0.1) is 17.8 Å². The molecular formula is C25H36ClO5S2+. The average Bonchev–Trinajstić information content (AvgIpc) is 2.76. The molecule has 4 atom stereocenters. The second kappa shape index (κ2) is 13.0. The quantitative estimate of drug-likeness (QED) is 0.444. The number of hydrogen-bond acceptors (Lipinski definition) is 5. The minimum atomic E-state index is -3.81. The van der Waals surface area contributed by atoms with E-state index >= 15 is 0 Å². The molecule has 8 heteroatoms. The minimum Gasteiger partial charge on any atom is -0.508 e. The Morgan fingerprint density at radius 2 is 1.70 bits per heavy atom. The van der Waals surface area contributed by atoms with Crippen LogP contribution in [0.4, 0.5) is 0 Å². The van der Waals surface area contributed by atoms with E-state index in [2.05, 4.69) is 43.3 Å². The first-order chi connectivity index (χ1) is 15.5. The van der Waals surface area contributed by atoms with Crippen LogP contribution < -0.4 is 0 Å². The van der Waals surface area contributed by atoms with Crippen LogP contribution in [-0.4, -0.2) is 33.0 Å². The molecule has 1 N–H and O–H groups in total. The molecule has 0 radical (unpaired) electrons. The lowest BCUT2D eigenvalue weighted by Gasteiger charge is -2.36. The summed E-state index contributed by atoms with van der Waals surface area (Å²) in [7, 11) is -2.53. The highest BCUT2D eigenvalue weighted by atomic mass is 35.5. The summed E-state index contributed by atoms with van der Waals surface area (Å²) in [6.45, 7) is 6.35. The van der Waals surface area contributed by atoms with Gasteiger partial charge < -0.3 is 5.11 Å². The molecule has 1 saturated carbocycles. The van der Waals surface area contributed by atoms with Crippen molar-refractivity contribution >= 4 is 32.9 Å². The largest absolute Gasteiger partial charge is 0.508 e. The lowest BCUT2D eigenvalue weighted by atomic mass is 9.75. The molecule has 1 aliphatic rings. The van der Waals surface area contributed by atoms with Crippen LogP contribution >= 0.6 is 11.6 Å². The number of halogens is 1. The second-order valence-corrected chi connectivity index (χ2v) is 12.8. The number of rotatable bonds is 7. The molecule has 4 unspecified atom stereocenters. The Morgan fingerprint density at radius 3 is 2.24 bits per heavy atom. The summed E-state index contributed by atoms with van der Waals surface area (Å²) >= 11 is 5.86. The molecule has 3 rings (SSSR count). The third-order valence-electron chi connectivity index (χ3n) is 5.94. The van der Waals surface area contributed by atoms with Gasteiger partial charge >= 0.3 is 10.4 Å². The molecule has 0 amide bonds. The molecular weight excluding hydrogens is 480 g/mol. The van der Waals surface area contributed by atoms with E-state index in [9.17, 15) is 13.5 Å². The van der Waals surface area contributed by atoms with Crippen LogP contribution in [0.15, 0.2) is 53.4 Å². The van der Waals surface area contributed by atoms with Gasteiger partial charge in [0.15, 0.2) is 4.90 Å². The van der Waals surface area contributed by atoms with Gasteiger partial charge in [-0.15, -0.1) is 0 Å². The summed E-state index contributed by atoms with van der Waals surface area (Å²) in [6.07, 6.45) is 4.96. The van der Waals surface area contributed by atoms with Gasteiger partial charge in [0, 0.05) is 21.5 Å². The third-order valence-corrected chi connectivity index (χ3v) is 8.93. The van der Waals surface area contributed by atoms with Gasteiger partial charge in [-0.05, 0) is 67.0 Å². The summed E-state index contributed by atoms with van der Waals surface area (Å²) in [6, 6.07) is 15.4. The normalized spacial score (nSPS) is 21.8. The lowest BCUT2D eigenvalue weighted by molar-refractivity contribution is 0.0394. The van der Waals surface area contributed by atoms with Crippen molar-refractivity contribution < 1.29 is 21.9 Å². The Balaban J connectivity index is 0.000000234. The Kier molecular flexibility index (Phi) is 11.0. The molecule has 0 aliphatic heterocycles. The number of phenols is 1. The zero-order valence-electron chi connectivity index (χ0n) is 20.0. The van der Waals surface area contributed by atoms with E-state index in [-0.39, 0.29) is 17.0 Å². The summed E-state index contributed by atoms with van der Waals surface area (Å²) in [5.74, 6) is 2.58. The van der Waals surface area contributed by atoms with Gasteiger partial charge in [0.25, 0.3) is 0 Å². The van der Waals surface area contributed by atoms with Gasteiger partial charge in [-0.2, -0.15) is 8.42 Å². The maximum atomic E-state index is 11.3. The minimum absolute atomic E-state index is 0.147. The van der Waals surface area contributed by atoms with Crippen molar-refractivity contribution in [3.63, 3.8) is 0 Å². The predicted molar refractivity (Wildman–Crippen MR) is 137 cm³/mol. The molecule has 1 fully saturated rings. The van der Waals surface area contributed by atoms with Crippen LogP contribution in [0.5, 0.6) is 5.75 Å². The first kappa shape index (κ1) is 28.0. The van der Waals surface area contributed by atoms with Crippen LogP contribution in [0.1, 0.15) is 45.6 Å². The average molecular weight is 516 g/mol. The van der Waals surface area contributed by atoms with Crippen LogP contribution in [0.2, 0.25) is 5.02 Å². The molecule has 0 saturated heterocycles. The number of aromatic hydroxyl groups is 1. The van der Waals surface area contributed by atoms with E-state index in [1.54, 1.807) is 12.1 Å². The molecule has 184 valence electrons. The maximum absolute atomic E-state index is 11.3. The highest BCUT2D eigenvalue weighted by Gasteiger charge is 2.34. The van der Waals surface area contributed by atoms with E-state index in [0.717, 1.165) is 37.1 Å². The highest BCUT2D eigenvalue weighted by molar-refractivity contribution is 7.95. The van der Waals surface area contributed by atoms with Gasteiger partial charge in [0.05, 0.1) is 13.2 Å². The zero-order valence-corrected chi connectivity index (χ0v) is 22.4. The van der Waals surface area contributed by atoms with Gasteiger partial charge in [-0.1, -0.05) is 50.9 Å². The number of benzene rings is 2. The molecule has 0 heterocycles. The monoisotopic (exact) mass is 515 g/mol. The fourth-order valence-corrected chi connectivity index (χ4v) is 6.20. The first-order valence-corrected chi connectivity index (χ1v) is 14.7. The van der Waals surface area contributed by atoms with Crippen molar-refractivity contribution in [1.82, 2.24) is 0 Å². The topological polar surface area (TPSA) is 72.8 Å². The van der Waals surface area contributed by atoms with Crippen molar-refractivity contribution in [2.75, 3.05) is 13.4 Å². The van der Waals surface area contributed by atoms with Crippen molar-refractivity contribution in [3.05, 3.63) is 59.1 Å². The molecule has 0 bridgehead atoms. The van der Waals surface area contributed by atoms with E-state index in [4.69, 9.17) is 15.8 Å². The number of phenolic OH excluding ortho intramolecular Hbond substituents is 1. The standard InChI is InChI=1S/C14H13ClOS.C11H22O4S/c1-17(14-8-6-13(16)7-9-14)10-11-2-4-12(15)5-3-11;1-8(2)10-6-5-9(3)7-11(10)15-16(12,13)14-4/h2-9H,10H2,1H3;8-11H,5-7H2,1-4H3/p+1. The summed E-state index contributed by atoms with van der Waals surface area (Å²) in [4.78, 5) is 1.26. The molecule has 1 aliphatic carbocycles. The highest BCUT2D eigenvalue weighted by Crippen LogP contribution is 2.36. The van der Waals surface area contributed by atoms with Crippen molar-refractivity contribution in [2.24, 2.45) is 17.8 Å². The van der Waals surface area contributed by atoms with Gasteiger partial charge in [-0.25, -0.2) is 4.18 Å². The smallest absolute Gasteiger partial charge is 0.399 e. The van der Waals surface area contributed by atoms with E-state index in [0.29, 0.717) is 23.5 Å². The van der Waals surface area contributed by atoms with Crippen LogP contribution in [-0.2, 0) is 35.4 Å². The Morgan fingerprint density at radius 1 is 1.09 bits per heavy atom. The van der Waals surface area contributed by atoms with Gasteiger partial charge in [-0.3, -0.25) is 4.18 Å². The van der Waals surface area contributed by atoms with Crippen LogP contribution in [0.25, 0.3) is 0 Å². The van der Waals surface area contributed by atoms with E-state index in [1.165, 1.54) is 10.5 Å². The van der Waals surface area contributed by atoms with Crippen molar-refractivity contribution in [3.8, 4) is 5.75 Å². The molecule has 2 aromatic rings. The predicted octanol–water partition coefficient (Wildman–Crippen LogP) is 6.21. The molecule has 2 aromatic carbocycles. The van der Waals surface area contributed by atoms with Gasteiger partial charge in [0.2, 0.25) is 0 Å².